The second kappa shape index (κ2) is 4.29. The van der Waals surface area contributed by atoms with E-state index in [0.717, 1.165) is 5.56 Å². The van der Waals surface area contributed by atoms with E-state index in [9.17, 15) is 14.7 Å². The highest BCUT2D eigenvalue weighted by molar-refractivity contribution is 7.13. The zero-order chi connectivity index (χ0) is 13.4. The molecule has 0 saturated carbocycles. The second-order valence-corrected chi connectivity index (χ2v) is 4.64. The molecule has 2 aromatic heterocycles. The van der Waals surface area contributed by atoms with Gasteiger partial charge in [0.1, 0.15) is 10.6 Å². The van der Waals surface area contributed by atoms with Crippen LogP contribution in [0.15, 0.2) is 35.7 Å². The van der Waals surface area contributed by atoms with Gasteiger partial charge in [0.25, 0.3) is 11.8 Å². The standard InChI is InChI=1S/C12H7N3O3S/c16-9-8(10(17)15-11(9)18)7-5-19-12(14-7)6-1-3-13-4-2-6/h1-5H,(H2,15,16,17,18). The predicted octanol–water partition coefficient (Wildman–Crippen LogP) is 1.13. The Bertz CT molecular complexity index is 706. The first-order valence-electron chi connectivity index (χ1n) is 5.32. The lowest BCUT2D eigenvalue weighted by atomic mass is 10.2. The molecular weight excluding hydrogens is 266 g/mol. The van der Waals surface area contributed by atoms with Crippen LogP contribution >= 0.6 is 11.3 Å². The van der Waals surface area contributed by atoms with E-state index >= 15 is 0 Å². The SMILES string of the molecule is O=C1NC(=O)C(c2csc(-c3ccncc3)n2)=C1O. The fraction of sp³-hybridized carbons (Fsp3) is 0. The van der Waals surface area contributed by atoms with Crippen LogP contribution in [0.2, 0.25) is 0 Å². The first-order valence-corrected chi connectivity index (χ1v) is 6.20. The summed E-state index contributed by atoms with van der Waals surface area (Å²) in [6.45, 7) is 0. The molecule has 0 radical (unpaired) electrons. The van der Waals surface area contributed by atoms with E-state index < -0.39 is 17.6 Å². The van der Waals surface area contributed by atoms with Gasteiger partial charge in [-0.15, -0.1) is 11.3 Å². The predicted molar refractivity (Wildman–Crippen MR) is 68.0 cm³/mol. The summed E-state index contributed by atoms with van der Waals surface area (Å²) in [5.41, 5.74) is 1.07. The molecule has 0 fully saturated rings. The van der Waals surface area contributed by atoms with Crippen molar-refractivity contribution in [2.45, 2.75) is 0 Å². The van der Waals surface area contributed by atoms with Crippen molar-refractivity contribution in [1.29, 1.82) is 0 Å². The molecule has 0 spiro atoms. The molecule has 0 unspecified atom stereocenters. The van der Waals surface area contributed by atoms with Gasteiger partial charge in [0.15, 0.2) is 5.76 Å². The highest BCUT2D eigenvalue weighted by Gasteiger charge is 2.32. The fourth-order valence-corrected chi connectivity index (χ4v) is 2.52. The van der Waals surface area contributed by atoms with E-state index in [-0.39, 0.29) is 11.3 Å². The lowest BCUT2D eigenvalue weighted by Gasteiger charge is -1.95. The number of aliphatic hydroxyl groups excluding tert-OH is 1. The van der Waals surface area contributed by atoms with E-state index in [1.165, 1.54) is 11.3 Å². The lowest BCUT2D eigenvalue weighted by Crippen LogP contribution is -2.22. The molecule has 94 valence electrons. The Labute approximate surface area is 111 Å². The number of aromatic nitrogens is 2. The van der Waals surface area contributed by atoms with Crippen molar-refractivity contribution in [3.05, 3.63) is 41.4 Å². The zero-order valence-corrected chi connectivity index (χ0v) is 10.3. The normalized spacial score (nSPS) is 14.9. The number of thiazole rings is 1. The number of nitrogens with zero attached hydrogens (tertiary/aromatic N) is 2. The summed E-state index contributed by atoms with van der Waals surface area (Å²) < 4.78 is 0. The third-order valence-corrected chi connectivity index (χ3v) is 3.48. The summed E-state index contributed by atoms with van der Waals surface area (Å²) in [5.74, 6) is -2.01. The molecule has 3 heterocycles. The van der Waals surface area contributed by atoms with Gasteiger partial charge in [-0.05, 0) is 12.1 Å². The maximum absolute atomic E-state index is 11.5. The number of carbonyl (C=O) groups excluding carboxylic acids is 2. The van der Waals surface area contributed by atoms with Crippen molar-refractivity contribution < 1.29 is 14.7 Å². The Morgan fingerprint density at radius 2 is 1.89 bits per heavy atom. The van der Waals surface area contributed by atoms with Crippen LogP contribution < -0.4 is 5.32 Å². The average Bonchev–Trinajstić information content (AvgIpc) is 2.97. The number of hydrogen-bond donors (Lipinski definition) is 2. The first-order chi connectivity index (χ1) is 9.16. The number of pyridine rings is 1. The van der Waals surface area contributed by atoms with Crippen LogP contribution in [-0.2, 0) is 9.59 Å². The van der Waals surface area contributed by atoms with Crippen molar-refractivity contribution >= 4 is 28.7 Å². The van der Waals surface area contributed by atoms with Gasteiger partial charge in [0.05, 0.1) is 5.69 Å². The molecule has 2 N–H and O–H groups in total. The molecule has 1 aliphatic rings. The van der Waals surface area contributed by atoms with Crippen molar-refractivity contribution in [2.75, 3.05) is 0 Å². The van der Waals surface area contributed by atoms with Crippen molar-refractivity contribution in [1.82, 2.24) is 15.3 Å². The van der Waals surface area contributed by atoms with Crippen LogP contribution in [0.4, 0.5) is 0 Å². The summed E-state index contributed by atoms with van der Waals surface area (Å²) in [5, 5.41) is 13.9. The third kappa shape index (κ3) is 1.89. The van der Waals surface area contributed by atoms with E-state index in [4.69, 9.17) is 0 Å². The minimum Gasteiger partial charge on any atom is -0.502 e. The second-order valence-electron chi connectivity index (χ2n) is 3.78. The Balaban J connectivity index is 2.04. The fourth-order valence-electron chi connectivity index (χ4n) is 1.70. The van der Waals surface area contributed by atoms with Crippen molar-refractivity contribution in [3.63, 3.8) is 0 Å². The Morgan fingerprint density at radius 1 is 1.16 bits per heavy atom. The quantitative estimate of drug-likeness (QED) is 0.800. The molecule has 2 aromatic rings. The molecular formula is C12H7N3O3S. The lowest BCUT2D eigenvalue weighted by molar-refractivity contribution is -0.124. The van der Waals surface area contributed by atoms with Gasteiger partial charge in [0, 0.05) is 23.3 Å². The Hall–Kier alpha value is -2.54. The van der Waals surface area contributed by atoms with Crippen LogP contribution in [0.25, 0.3) is 16.1 Å². The molecule has 6 nitrogen and oxygen atoms in total. The minimum absolute atomic E-state index is 0.0819. The molecule has 7 heteroatoms. The summed E-state index contributed by atoms with van der Waals surface area (Å²) >= 11 is 1.32. The topological polar surface area (TPSA) is 92.2 Å². The van der Waals surface area contributed by atoms with E-state index in [2.05, 4.69) is 9.97 Å². The molecule has 3 rings (SSSR count). The Kier molecular flexibility index (Phi) is 2.60. The van der Waals surface area contributed by atoms with Crippen LogP contribution in [0, 0.1) is 0 Å². The molecule has 2 amide bonds. The molecule has 0 saturated heterocycles. The summed E-state index contributed by atoms with van der Waals surface area (Å²) in [6, 6.07) is 3.58. The number of imide groups is 1. The van der Waals surface area contributed by atoms with E-state index in [0.29, 0.717) is 5.01 Å². The maximum atomic E-state index is 11.5. The molecule has 0 bridgehead atoms. The molecule has 0 atom stereocenters. The maximum Gasteiger partial charge on any atom is 0.293 e. The highest BCUT2D eigenvalue weighted by Crippen LogP contribution is 2.28. The molecule has 19 heavy (non-hydrogen) atoms. The van der Waals surface area contributed by atoms with Gasteiger partial charge in [0.2, 0.25) is 0 Å². The Morgan fingerprint density at radius 3 is 2.53 bits per heavy atom. The van der Waals surface area contributed by atoms with Crippen molar-refractivity contribution in [3.8, 4) is 10.6 Å². The van der Waals surface area contributed by atoms with Gasteiger partial charge < -0.3 is 5.11 Å². The molecule has 0 aromatic carbocycles. The average molecular weight is 273 g/mol. The summed E-state index contributed by atoms with van der Waals surface area (Å²) in [4.78, 5) is 30.9. The largest absolute Gasteiger partial charge is 0.502 e. The highest BCUT2D eigenvalue weighted by atomic mass is 32.1. The number of rotatable bonds is 2. The van der Waals surface area contributed by atoms with Crippen LogP contribution in [0.5, 0.6) is 0 Å². The number of aliphatic hydroxyl groups is 1. The molecule has 0 aliphatic carbocycles. The third-order valence-electron chi connectivity index (χ3n) is 2.59. The smallest absolute Gasteiger partial charge is 0.293 e. The van der Waals surface area contributed by atoms with Gasteiger partial charge in [-0.1, -0.05) is 0 Å². The number of carbonyl (C=O) groups is 2. The van der Waals surface area contributed by atoms with E-state index in [1.54, 1.807) is 29.9 Å². The van der Waals surface area contributed by atoms with Crippen LogP contribution in [0.1, 0.15) is 5.69 Å². The summed E-state index contributed by atoms with van der Waals surface area (Å²) in [7, 11) is 0. The first kappa shape index (κ1) is 11.5. The van der Waals surface area contributed by atoms with Crippen molar-refractivity contribution in [2.24, 2.45) is 0 Å². The monoisotopic (exact) mass is 273 g/mol. The van der Waals surface area contributed by atoms with Gasteiger partial charge in [-0.25, -0.2) is 4.98 Å². The molecule has 1 aliphatic heterocycles. The van der Waals surface area contributed by atoms with Gasteiger partial charge >= 0.3 is 0 Å². The zero-order valence-electron chi connectivity index (χ0n) is 9.45. The number of amides is 2. The van der Waals surface area contributed by atoms with Gasteiger partial charge in [-0.3, -0.25) is 19.9 Å². The van der Waals surface area contributed by atoms with Gasteiger partial charge in [-0.2, -0.15) is 0 Å². The van der Waals surface area contributed by atoms with Crippen LogP contribution in [-0.4, -0.2) is 26.9 Å². The number of nitrogens with one attached hydrogen (secondary N) is 1. The minimum atomic E-state index is -0.793. The van der Waals surface area contributed by atoms with Crippen LogP contribution in [0.3, 0.4) is 0 Å². The number of hydrogen-bond acceptors (Lipinski definition) is 6. The summed E-state index contributed by atoms with van der Waals surface area (Å²) in [6.07, 6.45) is 3.28. The van der Waals surface area contributed by atoms with E-state index in [1.807, 2.05) is 5.32 Å².